The average molecular weight is 253 g/mol. The molecule has 0 saturated carbocycles. The van der Waals surface area contributed by atoms with Crippen LogP contribution < -0.4 is 5.73 Å². The highest BCUT2D eigenvalue weighted by Crippen LogP contribution is 2.32. The lowest BCUT2D eigenvalue weighted by atomic mass is 10.3. The lowest BCUT2D eigenvalue weighted by Gasteiger charge is -1.91. The summed E-state index contributed by atoms with van der Waals surface area (Å²) in [6, 6.07) is 3.12. The second kappa shape index (κ2) is 5.07. The molecule has 0 aliphatic carbocycles. The summed E-state index contributed by atoms with van der Waals surface area (Å²) in [7, 11) is 0. The van der Waals surface area contributed by atoms with Crippen LogP contribution in [0.5, 0.6) is 0 Å². The van der Waals surface area contributed by atoms with Gasteiger partial charge in [0.1, 0.15) is 0 Å². The van der Waals surface area contributed by atoms with Gasteiger partial charge in [-0.05, 0) is 19.0 Å². The standard InChI is InChI=1S/C10H11N3O3S/c11-5-1-2-9-12-6-7(16-9)8-3-4-10(17-8)13(14)15/h3-4,6H,1-2,5,11H2. The molecule has 2 aromatic heterocycles. The molecule has 0 aliphatic heterocycles. The van der Waals surface area contributed by atoms with Crippen LogP contribution in [0.2, 0.25) is 0 Å². The van der Waals surface area contributed by atoms with Gasteiger partial charge in [-0.25, -0.2) is 4.98 Å². The smallest absolute Gasteiger partial charge is 0.324 e. The minimum atomic E-state index is -0.417. The lowest BCUT2D eigenvalue weighted by molar-refractivity contribution is -0.380. The molecule has 0 aromatic carbocycles. The summed E-state index contributed by atoms with van der Waals surface area (Å²) in [5, 5.41) is 10.6. The summed E-state index contributed by atoms with van der Waals surface area (Å²) in [5.74, 6) is 1.18. The SMILES string of the molecule is NCCCc1ncc(-c2ccc([N+](=O)[O-])s2)o1. The van der Waals surface area contributed by atoms with Gasteiger partial charge in [-0.1, -0.05) is 11.3 Å². The van der Waals surface area contributed by atoms with Crippen molar-refractivity contribution in [1.29, 1.82) is 0 Å². The number of nitrogens with zero attached hydrogens (tertiary/aromatic N) is 2. The molecule has 7 heteroatoms. The predicted octanol–water partition coefficient (Wildman–Crippen LogP) is 2.20. The van der Waals surface area contributed by atoms with Crippen molar-refractivity contribution in [2.75, 3.05) is 6.54 Å². The van der Waals surface area contributed by atoms with Crippen molar-refractivity contribution in [2.24, 2.45) is 5.73 Å². The molecular formula is C10H11N3O3S. The average Bonchev–Trinajstić information content (AvgIpc) is 2.94. The molecule has 2 aromatic rings. The molecule has 90 valence electrons. The Hall–Kier alpha value is -1.73. The zero-order chi connectivity index (χ0) is 12.3. The summed E-state index contributed by atoms with van der Waals surface area (Å²) in [6.07, 6.45) is 3.08. The summed E-state index contributed by atoms with van der Waals surface area (Å²) in [5.41, 5.74) is 5.39. The van der Waals surface area contributed by atoms with Crippen LogP contribution in [0.1, 0.15) is 12.3 Å². The Morgan fingerprint density at radius 3 is 3.00 bits per heavy atom. The van der Waals surface area contributed by atoms with Crippen molar-refractivity contribution < 1.29 is 9.34 Å². The fraction of sp³-hybridized carbons (Fsp3) is 0.300. The molecule has 0 atom stereocenters. The van der Waals surface area contributed by atoms with Crippen LogP contribution in [-0.4, -0.2) is 16.5 Å². The number of rotatable bonds is 5. The summed E-state index contributed by atoms with van der Waals surface area (Å²) < 4.78 is 5.49. The Labute approximate surface area is 101 Å². The second-order valence-corrected chi connectivity index (χ2v) is 4.47. The minimum Gasteiger partial charge on any atom is -0.440 e. The highest BCUT2D eigenvalue weighted by molar-refractivity contribution is 7.18. The summed E-state index contributed by atoms with van der Waals surface area (Å²) in [4.78, 5) is 14.9. The largest absolute Gasteiger partial charge is 0.440 e. The molecular weight excluding hydrogens is 242 g/mol. The van der Waals surface area contributed by atoms with Crippen molar-refractivity contribution in [2.45, 2.75) is 12.8 Å². The van der Waals surface area contributed by atoms with Gasteiger partial charge in [0.15, 0.2) is 11.7 Å². The quantitative estimate of drug-likeness (QED) is 0.651. The molecule has 2 rings (SSSR count). The van der Waals surface area contributed by atoms with Crippen molar-refractivity contribution in [3.63, 3.8) is 0 Å². The van der Waals surface area contributed by atoms with E-state index in [1.807, 2.05) is 0 Å². The second-order valence-electron chi connectivity index (χ2n) is 3.41. The molecule has 0 fully saturated rings. The zero-order valence-electron chi connectivity index (χ0n) is 8.96. The van der Waals surface area contributed by atoms with E-state index >= 15 is 0 Å². The van der Waals surface area contributed by atoms with E-state index in [4.69, 9.17) is 10.2 Å². The highest BCUT2D eigenvalue weighted by atomic mass is 32.1. The van der Waals surface area contributed by atoms with E-state index in [9.17, 15) is 10.1 Å². The maximum atomic E-state index is 10.5. The molecule has 0 radical (unpaired) electrons. The number of oxazole rings is 1. The van der Waals surface area contributed by atoms with Gasteiger partial charge in [-0.3, -0.25) is 10.1 Å². The monoisotopic (exact) mass is 253 g/mol. The van der Waals surface area contributed by atoms with E-state index in [0.717, 1.165) is 17.8 Å². The molecule has 0 amide bonds. The maximum Gasteiger partial charge on any atom is 0.324 e. The number of hydrogen-bond acceptors (Lipinski definition) is 6. The van der Waals surface area contributed by atoms with Gasteiger partial charge in [-0.15, -0.1) is 0 Å². The van der Waals surface area contributed by atoms with Crippen molar-refractivity contribution in [3.05, 3.63) is 34.3 Å². The van der Waals surface area contributed by atoms with Gasteiger partial charge < -0.3 is 10.2 Å². The molecule has 2 N–H and O–H groups in total. The normalized spacial score (nSPS) is 10.6. The Kier molecular flexibility index (Phi) is 3.50. The first-order valence-corrected chi connectivity index (χ1v) is 5.91. The summed E-state index contributed by atoms with van der Waals surface area (Å²) >= 11 is 1.07. The molecule has 0 bridgehead atoms. The lowest BCUT2D eigenvalue weighted by Crippen LogP contribution is -2.00. The molecule has 0 saturated heterocycles. The van der Waals surface area contributed by atoms with Crippen LogP contribution in [0, 0.1) is 10.1 Å². The van der Waals surface area contributed by atoms with Crippen molar-refractivity contribution >= 4 is 16.3 Å². The number of thiophene rings is 1. The van der Waals surface area contributed by atoms with Gasteiger partial charge in [0.25, 0.3) is 0 Å². The van der Waals surface area contributed by atoms with Gasteiger partial charge in [0.05, 0.1) is 16.0 Å². The first-order valence-electron chi connectivity index (χ1n) is 5.10. The van der Waals surface area contributed by atoms with Gasteiger partial charge in [-0.2, -0.15) is 0 Å². The Bertz CT molecular complexity index is 520. The molecule has 0 spiro atoms. The van der Waals surface area contributed by atoms with Crippen LogP contribution >= 0.6 is 11.3 Å². The van der Waals surface area contributed by atoms with Gasteiger partial charge in [0.2, 0.25) is 0 Å². The van der Waals surface area contributed by atoms with Crippen LogP contribution in [0.15, 0.2) is 22.7 Å². The number of hydrogen-bond donors (Lipinski definition) is 1. The Morgan fingerprint density at radius 2 is 2.35 bits per heavy atom. The van der Waals surface area contributed by atoms with E-state index in [1.54, 1.807) is 12.3 Å². The summed E-state index contributed by atoms with van der Waals surface area (Å²) in [6.45, 7) is 0.586. The third-order valence-electron chi connectivity index (χ3n) is 2.16. The number of nitro groups is 1. The third kappa shape index (κ3) is 2.69. The van der Waals surface area contributed by atoms with E-state index in [-0.39, 0.29) is 5.00 Å². The van der Waals surface area contributed by atoms with Crippen molar-refractivity contribution in [1.82, 2.24) is 4.98 Å². The van der Waals surface area contributed by atoms with Gasteiger partial charge in [0, 0.05) is 12.5 Å². The van der Waals surface area contributed by atoms with Crippen LogP contribution in [0.3, 0.4) is 0 Å². The number of aryl methyl sites for hydroxylation is 1. The minimum absolute atomic E-state index is 0.0971. The first kappa shape index (κ1) is 11.7. The highest BCUT2D eigenvalue weighted by Gasteiger charge is 2.14. The molecule has 6 nitrogen and oxygen atoms in total. The number of nitrogens with two attached hydrogens (primary N) is 1. The molecule has 17 heavy (non-hydrogen) atoms. The van der Waals surface area contributed by atoms with E-state index in [1.165, 1.54) is 6.07 Å². The van der Waals surface area contributed by atoms with Crippen LogP contribution in [0.25, 0.3) is 10.6 Å². The first-order chi connectivity index (χ1) is 8.20. The third-order valence-corrected chi connectivity index (χ3v) is 3.21. The fourth-order valence-corrected chi connectivity index (χ4v) is 2.12. The Morgan fingerprint density at radius 1 is 1.53 bits per heavy atom. The van der Waals surface area contributed by atoms with E-state index < -0.39 is 4.92 Å². The molecule has 0 unspecified atom stereocenters. The van der Waals surface area contributed by atoms with Gasteiger partial charge >= 0.3 is 5.00 Å². The van der Waals surface area contributed by atoms with Crippen LogP contribution in [-0.2, 0) is 6.42 Å². The Balaban J connectivity index is 2.15. The fourth-order valence-electron chi connectivity index (χ4n) is 1.35. The maximum absolute atomic E-state index is 10.5. The van der Waals surface area contributed by atoms with E-state index in [2.05, 4.69) is 4.98 Å². The van der Waals surface area contributed by atoms with Crippen molar-refractivity contribution in [3.8, 4) is 10.6 Å². The number of aromatic nitrogens is 1. The molecule has 0 aliphatic rings. The predicted molar refractivity (Wildman–Crippen MR) is 63.8 cm³/mol. The topological polar surface area (TPSA) is 95.2 Å². The van der Waals surface area contributed by atoms with E-state index in [0.29, 0.717) is 29.5 Å². The van der Waals surface area contributed by atoms with Crippen LogP contribution in [0.4, 0.5) is 5.00 Å². The zero-order valence-corrected chi connectivity index (χ0v) is 9.77. The molecule has 2 heterocycles.